The third-order valence-electron chi connectivity index (χ3n) is 4.54. The number of hydrogen-bond donors (Lipinski definition) is 1. The Morgan fingerprint density at radius 2 is 2.16 bits per heavy atom. The summed E-state index contributed by atoms with van der Waals surface area (Å²) in [7, 11) is 3.19. The lowest BCUT2D eigenvalue weighted by atomic mass is 9.77. The van der Waals surface area contributed by atoms with E-state index in [0.29, 0.717) is 36.5 Å². The molecule has 1 aromatic rings. The van der Waals surface area contributed by atoms with E-state index < -0.39 is 5.92 Å². The SMILES string of the molecule is COCc1cc([C@@H]2C(C#N)=C(N)OC3=C2C(=O)CCC3)ccc1OC. The molecule has 0 bridgehead atoms. The highest BCUT2D eigenvalue weighted by Gasteiger charge is 2.38. The Bertz CT molecular complexity index is 817. The van der Waals surface area contributed by atoms with Crippen LogP contribution in [0.5, 0.6) is 5.75 Å². The third kappa shape index (κ3) is 2.99. The van der Waals surface area contributed by atoms with Crippen LogP contribution in [0.3, 0.4) is 0 Å². The molecule has 0 saturated heterocycles. The van der Waals surface area contributed by atoms with Gasteiger partial charge in [0.1, 0.15) is 23.2 Å². The van der Waals surface area contributed by atoms with E-state index in [1.54, 1.807) is 14.2 Å². The molecule has 130 valence electrons. The van der Waals surface area contributed by atoms with Crippen molar-refractivity contribution in [2.24, 2.45) is 5.73 Å². The molecule has 1 atom stereocenters. The lowest BCUT2D eigenvalue weighted by Gasteiger charge is -2.31. The van der Waals surface area contributed by atoms with Crippen molar-refractivity contribution < 1.29 is 19.0 Å². The molecule has 0 spiro atoms. The van der Waals surface area contributed by atoms with Crippen LogP contribution in [-0.4, -0.2) is 20.0 Å². The van der Waals surface area contributed by atoms with Crippen LogP contribution in [0.1, 0.15) is 36.3 Å². The molecule has 0 radical (unpaired) electrons. The maximum absolute atomic E-state index is 12.6. The molecule has 0 saturated carbocycles. The first-order valence-electron chi connectivity index (χ1n) is 8.10. The fraction of sp³-hybridized carbons (Fsp3) is 0.368. The molecule has 1 aliphatic heterocycles. The van der Waals surface area contributed by atoms with Gasteiger partial charge in [0.15, 0.2) is 5.78 Å². The summed E-state index contributed by atoms with van der Waals surface area (Å²) in [5.74, 6) is 0.850. The molecule has 0 fully saturated rings. The van der Waals surface area contributed by atoms with Crippen molar-refractivity contribution in [2.75, 3.05) is 14.2 Å². The lowest BCUT2D eigenvalue weighted by molar-refractivity contribution is -0.116. The molecular weight excluding hydrogens is 320 g/mol. The van der Waals surface area contributed by atoms with Crippen molar-refractivity contribution >= 4 is 5.78 Å². The average molecular weight is 340 g/mol. The zero-order valence-corrected chi connectivity index (χ0v) is 14.3. The second kappa shape index (κ2) is 6.99. The van der Waals surface area contributed by atoms with E-state index in [2.05, 4.69) is 6.07 Å². The van der Waals surface area contributed by atoms with E-state index in [1.807, 2.05) is 18.2 Å². The molecule has 3 rings (SSSR count). The molecule has 0 aromatic heterocycles. The molecule has 0 unspecified atom stereocenters. The van der Waals surface area contributed by atoms with Gasteiger partial charge >= 0.3 is 0 Å². The number of allylic oxidation sites excluding steroid dienone is 3. The highest BCUT2D eigenvalue weighted by molar-refractivity contribution is 5.99. The zero-order valence-electron chi connectivity index (χ0n) is 14.3. The van der Waals surface area contributed by atoms with Gasteiger partial charge in [0, 0.05) is 31.1 Å². The molecule has 2 N–H and O–H groups in total. The first kappa shape index (κ1) is 17.1. The molecule has 0 amide bonds. The van der Waals surface area contributed by atoms with Gasteiger partial charge in [-0.3, -0.25) is 4.79 Å². The minimum Gasteiger partial charge on any atom is -0.496 e. The van der Waals surface area contributed by atoms with E-state index >= 15 is 0 Å². The second-order valence-electron chi connectivity index (χ2n) is 6.04. The van der Waals surface area contributed by atoms with Crippen LogP contribution in [0, 0.1) is 11.3 Å². The third-order valence-corrected chi connectivity index (χ3v) is 4.54. The predicted molar refractivity (Wildman–Crippen MR) is 90.2 cm³/mol. The number of nitriles is 1. The topological polar surface area (TPSA) is 94.6 Å². The van der Waals surface area contributed by atoms with E-state index in [0.717, 1.165) is 17.5 Å². The van der Waals surface area contributed by atoms with Crippen LogP contribution in [-0.2, 0) is 20.9 Å². The number of nitrogens with zero attached hydrogens (tertiary/aromatic N) is 1. The van der Waals surface area contributed by atoms with Crippen LogP contribution >= 0.6 is 0 Å². The highest BCUT2D eigenvalue weighted by atomic mass is 16.5. The summed E-state index contributed by atoms with van der Waals surface area (Å²) in [6.07, 6.45) is 1.84. The quantitative estimate of drug-likeness (QED) is 0.905. The van der Waals surface area contributed by atoms with Crippen molar-refractivity contribution in [3.8, 4) is 11.8 Å². The Hall–Kier alpha value is -2.78. The summed E-state index contributed by atoms with van der Waals surface area (Å²) < 4.78 is 16.2. The second-order valence-corrected chi connectivity index (χ2v) is 6.04. The van der Waals surface area contributed by atoms with Gasteiger partial charge in [0.25, 0.3) is 0 Å². The van der Waals surface area contributed by atoms with Crippen LogP contribution in [0.25, 0.3) is 0 Å². The number of carbonyl (C=O) groups is 1. The summed E-state index contributed by atoms with van der Waals surface area (Å²) in [5, 5.41) is 9.59. The fourth-order valence-electron chi connectivity index (χ4n) is 3.44. The summed E-state index contributed by atoms with van der Waals surface area (Å²) in [4.78, 5) is 12.6. The normalized spacial score (nSPS) is 20.0. The number of ketones is 1. The molecule has 1 aromatic carbocycles. The smallest absolute Gasteiger partial charge is 0.205 e. The maximum atomic E-state index is 12.6. The van der Waals surface area contributed by atoms with Crippen molar-refractivity contribution in [1.29, 1.82) is 5.26 Å². The number of rotatable bonds is 4. The summed E-state index contributed by atoms with van der Waals surface area (Å²) in [6.45, 7) is 0.362. The van der Waals surface area contributed by atoms with Crippen LogP contribution in [0.4, 0.5) is 0 Å². The molecule has 2 aliphatic rings. The molecular formula is C19H20N2O4. The van der Waals surface area contributed by atoms with Crippen molar-refractivity contribution in [3.05, 3.63) is 52.1 Å². The number of nitrogens with two attached hydrogens (primary N) is 1. The number of ether oxygens (including phenoxy) is 3. The summed E-state index contributed by atoms with van der Waals surface area (Å²) >= 11 is 0. The number of Topliss-reactive ketones (excluding diaryl/α,β-unsaturated/α-hetero) is 1. The van der Waals surface area contributed by atoms with Crippen LogP contribution < -0.4 is 10.5 Å². The van der Waals surface area contributed by atoms with Gasteiger partial charge in [-0.25, -0.2) is 0 Å². The lowest BCUT2D eigenvalue weighted by Crippen LogP contribution is -2.27. The molecule has 6 nitrogen and oxygen atoms in total. The number of benzene rings is 1. The summed E-state index contributed by atoms with van der Waals surface area (Å²) in [5.41, 5.74) is 8.42. The number of carbonyl (C=O) groups excluding carboxylic acids is 1. The number of methoxy groups -OCH3 is 2. The van der Waals surface area contributed by atoms with Gasteiger partial charge in [-0.1, -0.05) is 6.07 Å². The predicted octanol–water partition coefficient (Wildman–Crippen LogP) is 2.66. The largest absolute Gasteiger partial charge is 0.496 e. The zero-order chi connectivity index (χ0) is 18.0. The average Bonchev–Trinajstić information content (AvgIpc) is 2.61. The van der Waals surface area contributed by atoms with Gasteiger partial charge in [0.05, 0.1) is 19.6 Å². The molecule has 6 heteroatoms. The minimum atomic E-state index is -0.511. The van der Waals surface area contributed by atoms with Crippen molar-refractivity contribution in [3.63, 3.8) is 0 Å². The van der Waals surface area contributed by atoms with E-state index in [4.69, 9.17) is 19.9 Å². The molecule has 1 aliphatic carbocycles. The van der Waals surface area contributed by atoms with Crippen LogP contribution in [0.15, 0.2) is 41.0 Å². The first-order chi connectivity index (χ1) is 12.1. The van der Waals surface area contributed by atoms with Gasteiger partial charge in [-0.05, 0) is 24.1 Å². The Balaban J connectivity index is 2.15. The standard InChI is InChI=1S/C19H20N2O4/c1-23-10-12-8-11(6-7-15(12)24-2)17-13(9-20)19(21)25-16-5-3-4-14(22)18(16)17/h6-8,17H,3-5,10,21H2,1-2H3/t17-/m1/s1. The van der Waals surface area contributed by atoms with Crippen molar-refractivity contribution in [1.82, 2.24) is 0 Å². The van der Waals surface area contributed by atoms with E-state index in [9.17, 15) is 10.1 Å². The maximum Gasteiger partial charge on any atom is 0.205 e. The highest BCUT2D eigenvalue weighted by Crippen LogP contribution is 2.44. The Labute approximate surface area is 146 Å². The summed E-state index contributed by atoms with van der Waals surface area (Å²) in [6, 6.07) is 7.68. The van der Waals surface area contributed by atoms with Crippen LogP contribution in [0.2, 0.25) is 0 Å². The Morgan fingerprint density at radius 3 is 2.84 bits per heavy atom. The van der Waals surface area contributed by atoms with Gasteiger partial charge in [-0.2, -0.15) is 5.26 Å². The van der Waals surface area contributed by atoms with Crippen molar-refractivity contribution in [2.45, 2.75) is 31.8 Å². The fourth-order valence-corrected chi connectivity index (χ4v) is 3.44. The van der Waals surface area contributed by atoms with Gasteiger partial charge < -0.3 is 19.9 Å². The first-order valence-corrected chi connectivity index (χ1v) is 8.10. The number of hydrogen-bond acceptors (Lipinski definition) is 6. The Morgan fingerprint density at radius 1 is 1.36 bits per heavy atom. The Kier molecular flexibility index (Phi) is 4.77. The molecule has 25 heavy (non-hydrogen) atoms. The van der Waals surface area contributed by atoms with E-state index in [1.165, 1.54) is 0 Å². The van der Waals surface area contributed by atoms with E-state index in [-0.39, 0.29) is 17.2 Å². The molecule has 1 heterocycles. The van der Waals surface area contributed by atoms with Gasteiger partial charge in [-0.15, -0.1) is 0 Å². The monoisotopic (exact) mass is 340 g/mol. The van der Waals surface area contributed by atoms with Gasteiger partial charge in [0.2, 0.25) is 5.88 Å². The minimum absolute atomic E-state index is 0.00982.